The maximum absolute atomic E-state index is 6.09. The fourth-order valence-corrected chi connectivity index (χ4v) is 2.44. The van der Waals surface area contributed by atoms with Crippen molar-refractivity contribution in [1.82, 2.24) is 24.2 Å². The van der Waals surface area contributed by atoms with Gasteiger partial charge in [0.25, 0.3) is 0 Å². The van der Waals surface area contributed by atoms with Crippen LogP contribution in [0.2, 0.25) is 0 Å². The summed E-state index contributed by atoms with van der Waals surface area (Å²) in [6.45, 7) is 8.11. The molecule has 6 nitrogen and oxygen atoms in total. The third-order valence-corrected chi connectivity index (χ3v) is 3.51. The smallest absolute Gasteiger partial charge is 0.202 e. The highest BCUT2D eigenvalue weighted by atomic mass is 15.4. The van der Waals surface area contributed by atoms with E-state index in [0.29, 0.717) is 12.0 Å². The van der Waals surface area contributed by atoms with Gasteiger partial charge in [0.05, 0.1) is 5.69 Å². The Morgan fingerprint density at radius 2 is 2.05 bits per heavy atom. The molecule has 2 heterocycles. The topological polar surface area (TPSA) is 64.9 Å². The Kier molecular flexibility index (Phi) is 3.80. The van der Waals surface area contributed by atoms with Crippen molar-refractivity contribution < 1.29 is 0 Å². The van der Waals surface area contributed by atoms with E-state index in [4.69, 9.17) is 5.73 Å². The van der Waals surface area contributed by atoms with Crippen molar-refractivity contribution in [3.63, 3.8) is 0 Å². The highest BCUT2D eigenvalue weighted by Crippen LogP contribution is 2.26. The molecule has 6 heteroatoms. The van der Waals surface area contributed by atoms with Gasteiger partial charge in [-0.05, 0) is 47.8 Å². The first-order valence-corrected chi connectivity index (χ1v) is 6.81. The SMILES string of the molecule is CCn1nc(C)c2nc(N)n(C(C)CCN(C)C)c21. The van der Waals surface area contributed by atoms with Gasteiger partial charge in [-0.1, -0.05) is 0 Å². The van der Waals surface area contributed by atoms with Crippen molar-refractivity contribution >= 4 is 17.1 Å². The summed E-state index contributed by atoms with van der Waals surface area (Å²) in [5.74, 6) is 0.587. The molecule has 0 saturated carbocycles. The van der Waals surface area contributed by atoms with Gasteiger partial charge in [-0.2, -0.15) is 5.10 Å². The largest absolute Gasteiger partial charge is 0.369 e. The highest BCUT2D eigenvalue weighted by Gasteiger charge is 2.20. The van der Waals surface area contributed by atoms with E-state index in [1.54, 1.807) is 0 Å². The average molecular weight is 264 g/mol. The Labute approximate surface area is 114 Å². The average Bonchev–Trinajstić information content (AvgIpc) is 2.83. The van der Waals surface area contributed by atoms with Gasteiger partial charge in [-0.15, -0.1) is 0 Å². The summed E-state index contributed by atoms with van der Waals surface area (Å²) in [6.07, 6.45) is 1.04. The number of imidazole rings is 1. The van der Waals surface area contributed by atoms with Gasteiger partial charge >= 0.3 is 0 Å². The summed E-state index contributed by atoms with van der Waals surface area (Å²) in [4.78, 5) is 6.66. The van der Waals surface area contributed by atoms with Crippen molar-refractivity contribution in [2.45, 2.75) is 39.8 Å². The van der Waals surface area contributed by atoms with Crippen LogP contribution in [0.25, 0.3) is 11.2 Å². The van der Waals surface area contributed by atoms with Crippen molar-refractivity contribution in [2.75, 3.05) is 26.4 Å². The van der Waals surface area contributed by atoms with Gasteiger partial charge in [0.2, 0.25) is 5.95 Å². The third kappa shape index (κ3) is 2.45. The summed E-state index contributed by atoms with van der Waals surface area (Å²) < 4.78 is 4.10. The standard InChI is InChI=1S/C13H24N6/c1-6-18-12-11(10(3)16-18)15-13(14)19(12)9(2)7-8-17(4)5/h9H,6-8H2,1-5H3,(H2,14,15). The van der Waals surface area contributed by atoms with Crippen LogP contribution in [-0.4, -0.2) is 44.9 Å². The van der Waals surface area contributed by atoms with E-state index < -0.39 is 0 Å². The molecule has 1 unspecified atom stereocenters. The van der Waals surface area contributed by atoms with Crippen LogP contribution in [0.15, 0.2) is 0 Å². The number of rotatable bonds is 5. The van der Waals surface area contributed by atoms with E-state index in [1.165, 1.54) is 0 Å². The number of aryl methyl sites for hydroxylation is 2. The molecule has 0 aromatic carbocycles. The van der Waals surface area contributed by atoms with Crippen molar-refractivity contribution in [3.8, 4) is 0 Å². The Morgan fingerprint density at radius 1 is 1.37 bits per heavy atom. The second kappa shape index (κ2) is 5.21. The first kappa shape index (κ1) is 13.9. The normalized spacial score (nSPS) is 13.6. The van der Waals surface area contributed by atoms with E-state index in [0.717, 1.165) is 36.4 Å². The van der Waals surface area contributed by atoms with Crippen molar-refractivity contribution in [2.24, 2.45) is 0 Å². The van der Waals surface area contributed by atoms with Gasteiger partial charge in [-0.3, -0.25) is 4.57 Å². The summed E-state index contributed by atoms with van der Waals surface area (Å²) in [5, 5.41) is 4.52. The van der Waals surface area contributed by atoms with Crippen molar-refractivity contribution in [3.05, 3.63) is 5.69 Å². The summed E-state index contributed by atoms with van der Waals surface area (Å²) in [5.41, 5.74) is 9.01. The molecule has 0 spiro atoms. The maximum Gasteiger partial charge on any atom is 0.202 e. The Balaban J connectivity index is 2.43. The van der Waals surface area contributed by atoms with Crippen LogP contribution in [0.4, 0.5) is 5.95 Å². The number of fused-ring (bicyclic) bond motifs is 1. The summed E-state index contributed by atoms with van der Waals surface area (Å²) >= 11 is 0. The zero-order chi connectivity index (χ0) is 14.2. The molecule has 0 aliphatic rings. The predicted molar refractivity (Wildman–Crippen MR) is 78.2 cm³/mol. The molecule has 2 rings (SSSR count). The lowest BCUT2D eigenvalue weighted by molar-refractivity contribution is 0.360. The maximum atomic E-state index is 6.09. The van der Waals surface area contributed by atoms with E-state index in [2.05, 4.69) is 47.5 Å². The number of nitrogens with zero attached hydrogens (tertiary/aromatic N) is 5. The van der Waals surface area contributed by atoms with Crippen LogP contribution < -0.4 is 5.73 Å². The molecular formula is C13H24N6. The second-order valence-electron chi connectivity index (χ2n) is 5.35. The molecule has 0 radical (unpaired) electrons. The van der Waals surface area contributed by atoms with E-state index in [-0.39, 0.29) is 0 Å². The predicted octanol–water partition coefficient (Wildman–Crippen LogP) is 1.66. The molecule has 0 fully saturated rings. The first-order chi connectivity index (χ1) is 8.95. The molecule has 19 heavy (non-hydrogen) atoms. The molecule has 2 N–H and O–H groups in total. The van der Waals surface area contributed by atoms with Crippen LogP contribution in [0.1, 0.15) is 32.0 Å². The molecular weight excluding hydrogens is 240 g/mol. The van der Waals surface area contributed by atoms with E-state index >= 15 is 0 Å². The van der Waals surface area contributed by atoms with Gasteiger partial charge < -0.3 is 10.6 Å². The molecule has 0 aliphatic carbocycles. The lowest BCUT2D eigenvalue weighted by Crippen LogP contribution is -2.19. The number of aromatic nitrogens is 4. The highest BCUT2D eigenvalue weighted by molar-refractivity contribution is 5.77. The minimum Gasteiger partial charge on any atom is -0.369 e. The third-order valence-electron chi connectivity index (χ3n) is 3.51. The van der Waals surface area contributed by atoms with Gasteiger partial charge in [0.1, 0.15) is 5.52 Å². The molecule has 0 amide bonds. The van der Waals surface area contributed by atoms with Crippen LogP contribution in [-0.2, 0) is 6.54 Å². The number of nitrogen functional groups attached to an aromatic ring is 1. The van der Waals surface area contributed by atoms with Crippen molar-refractivity contribution in [1.29, 1.82) is 0 Å². The van der Waals surface area contributed by atoms with Crippen LogP contribution in [0.5, 0.6) is 0 Å². The molecule has 0 aliphatic heterocycles. The molecule has 106 valence electrons. The molecule has 2 aromatic rings. The van der Waals surface area contributed by atoms with E-state index in [9.17, 15) is 0 Å². The Hall–Kier alpha value is -1.56. The fourth-order valence-electron chi connectivity index (χ4n) is 2.44. The Bertz CT molecular complexity index is 565. The molecule has 0 bridgehead atoms. The summed E-state index contributed by atoms with van der Waals surface area (Å²) in [7, 11) is 4.17. The quantitative estimate of drug-likeness (QED) is 0.892. The zero-order valence-electron chi connectivity index (χ0n) is 12.5. The fraction of sp³-hybridized carbons (Fsp3) is 0.692. The Morgan fingerprint density at radius 3 is 2.63 bits per heavy atom. The second-order valence-corrected chi connectivity index (χ2v) is 5.35. The lowest BCUT2D eigenvalue weighted by Gasteiger charge is -2.18. The van der Waals surface area contributed by atoms with Gasteiger partial charge in [-0.25, -0.2) is 9.67 Å². The summed E-state index contributed by atoms with van der Waals surface area (Å²) in [6, 6.07) is 0.314. The number of nitrogens with two attached hydrogens (primary N) is 1. The molecule has 0 saturated heterocycles. The monoisotopic (exact) mass is 264 g/mol. The van der Waals surface area contributed by atoms with E-state index in [1.807, 2.05) is 11.6 Å². The minimum atomic E-state index is 0.314. The van der Waals surface area contributed by atoms with Crippen LogP contribution in [0.3, 0.4) is 0 Å². The first-order valence-electron chi connectivity index (χ1n) is 6.81. The van der Waals surface area contributed by atoms with Crippen LogP contribution >= 0.6 is 0 Å². The zero-order valence-corrected chi connectivity index (χ0v) is 12.5. The number of hydrogen-bond donors (Lipinski definition) is 1. The number of anilines is 1. The van der Waals surface area contributed by atoms with Gasteiger partial charge in [0, 0.05) is 12.6 Å². The van der Waals surface area contributed by atoms with Crippen LogP contribution in [0, 0.1) is 6.92 Å². The minimum absolute atomic E-state index is 0.314. The number of hydrogen-bond acceptors (Lipinski definition) is 4. The van der Waals surface area contributed by atoms with Gasteiger partial charge in [0.15, 0.2) is 5.65 Å². The lowest BCUT2D eigenvalue weighted by atomic mass is 10.2. The molecule has 2 aromatic heterocycles. The molecule has 1 atom stereocenters.